The van der Waals surface area contributed by atoms with E-state index in [2.05, 4.69) is 17.0 Å². The van der Waals surface area contributed by atoms with Crippen LogP contribution in [0, 0.1) is 12.8 Å². The predicted molar refractivity (Wildman–Crippen MR) is 102 cm³/mol. The number of benzene rings is 1. The Morgan fingerprint density at radius 2 is 1.84 bits per heavy atom. The quantitative estimate of drug-likeness (QED) is 0.810. The molecule has 0 spiro atoms. The van der Waals surface area contributed by atoms with E-state index in [1.54, 1.807) is 6.07 Å². The fourth-order valence-electron chi connectivity index (χ4n) is 3.10. The lowest BCUT2D eigenvalue weighted by Gasteiger charge is -2.26. The molecular formula is C18H29N3O3S. The number of anilines is 2. The van der Waals surface area contributed by atoms with Crippen LogP contribution in [-0.2, 0) is 14.8 Å². The van der Waals surface area contributed by atoms with Crippen LogP contribution >= 0.6 is 0 Å². The SMILES string of the molecule is Cc1cc(N(C)C)ccc1NC(=O)CS(=O)(=O)NC1CCC(C)CC1. The number of amides is 1. The fourth-order valence-corrected chi connectivity index (χ4v) is 4.34. The monoisotopic (exact) mass is 367 g/mol. The molecule has 25 heavy (non-hydrogen) atoms. The summed E-state index contributed by atoms with van der Waals surface area (Å²) < 4.78 is 27.1. The van der Waals surface area contributed by atoms with E-state index in [0.29, 0.717) is 11.6 Å². The zero-order chi connectivity index (χ0) is 18.6. The summed E-state index contributed by atoms with van der Waals surface area (Å²) in [6.45, 7) is 4.07. The van der Waals surface area contributed by atoms with E-state index in [1.165, 1.54) is 0 Å². The first-order valence-electron chi connectivity index (χ1n) is 8.74. The molecule has 1 aromatic rings. The second-order valence-electron chi connectivity index (χ2n) is 7.28. The van der Waals surface area contributed by atoms with E-state index in [1.807, 2.05) is 38.1 Å². The molecule has 0 radical (unpaired) electrons. The van der Waals surface area contributed by atoms with Gasteiger partial charge in [0.05, 0.1) is 0 Å². The molecule has 0 bridgehead atoms. The van der Waals surface area contributed by atoms with Crippen molar-refractivity contribution in [1.82, 2.24) is 4.72 Å². The van der Waals surface area contributed by atoms with Gasteiger partial charge in [0.1, 0.15) is 5.75 Å². The summed E-state index contributed by atoms with van der Waals surface area (Å²) in [5.74, 6) is -0.414. The van der Waals surface area contributed by atoms with Crippen molar-refractivity contribution in [3.63, 3.8) is 0 Å². The van der Waals surface area contributed by atoms with Crippen molar-refractivity contribution >= 4 is 27.3 Å². The van der Waals surface area contributed by atoms with Crippen molar-refractivity contribution in [3.05, 3.63) is 23.8 Å². The van der Waals surface area contributed by atoms with Gasteiger partial charge in [0.15, 0.2) is 0 Å². The molecular weight excluding hydrogens is 338 g/mol. The normalized spacial score (nSPS) is 21.0. The molecule has 1 aliphatic carbocycles. The highest BCUT2D eigenvalue weighted by Gasteiger charge is 2.24. The molecule has 1 aromatic carbocycles. The largest absolute Gasteiger partial charge is 0.378 e. The number of nitrogens with one attached hydrogen (secondary N) is 2. The second kappa shape index (κ2) is 8.19. The van der Waals surface area contributed by atoms with Gasteiger partial charge in [-0.2, -0.15) is 0 Å². The minimum Gasteiger partial charge on any atom is -0.378 e. The molecule has 1 fully saturated rings. The Hall–Kier alpha value is -1.60. The van der Waals surface area contributed by atoms with Crippen molar-refractivity contribution in [2.24, 2.45) is 5.92 Å². The summed E-state index contributed by atoms with van der Waals surface area (Å²) in [7, 11) is 0.261. The van der Waals surface area contributed by atoms with Gasteiger partial charge in [-0.15, -0.1) is 0 Å². The molecule has 2 rings (SSSR count). The number of hydrogen-bond acceptors (Lipinski definition) is 4. The summed E-state index contributed by atoms with van der Waals surface area (Å²) in [5, 5.41) is 2.70. The molecule has 1 amide bonds. The maximum atomic E-state index is 12.2. The van der Waals surface area contributed by atoms with E-state index in [-0.39, 0.29) is 6.04 Å². The van der Waals surface area contributed by atoms with Crippen molar-refractivity contribution in [1.29, 1.82) is 0 Å². The van der Waals surface area contributed by atoms with E-state index >= 15 is 0 Å². The highest BCUT2D eigenvalue weighted by molar-refractivity contribution is 7.90. The van der Waals surface area contributed by atoms with Crippen LogP contribution < -0.4 is 14.9 Å². The predicted octanol–water partition coefficient (Wildman–Crippen LogP) is 2.50. The molecule has 2 N–H and O–H groups in total. The van der Waals surface area contributed by atoms with Crippen LogP contribution in [0.25, 0.3) is 0 Å². The average Bonchev–Trinajstić information content (AvgIpc) is 2.50. The minimum atomic E-state index is -3.62. The Morgan fingerprint density at radius 1 is 1.20 bits per heavy atom. The number of carbonyl (C=O) groups excluding carboxylic acids is 1. The number of sulfonamides is 1. The van der Waals surface area contributed by atoms with Gasteiger partial charge in [-0.1, -0.05) is 6.92 Å². The van der Waals surface area contributed by atoms with Gasteiger partial charge in [-0.3, -0.25) is 4.79 Å². The molecule has 0 atom stereocenters. The maximum Gasteiger partial charge on any atom is 0.241 e. The standard InChI is InChI=1S/C18H29N3O3S/c1-13-5-7-15(8-6-13)20-25(23,24)12-18(22)19-17-10-9-16(21(3)4)11-14(17)2/h9-11,13,15,20H,5-8,12H2,1-4H3,(H,19,22). The third kappa shape index (κ3) is 6.01. The van der Waals surface area contributed by atoms with Crippen LogP contribution in [0.2, 0.25) is 0 Å². The van der Waals surface area contributed by atoms with Crippen LogP contribution in [0.5, 0.6) is 0 Å². The molecule has 1 aliphatic rings. The number of carbonyl (C=O) groups is 1. The highest BCUT2D eigenvalue weighted by atomic mass is 32.2. The summed E-state index contributed by atoms with van der Waals surface area (Å²) >= 11 is 0. The first-order chi connectivity index (χ1) is 11.7. The summed E-state index contributed by atoms with van der Waals surface area (Å²) in [6, 6.07) is 5.59. The fraction of sp³-hybridized carbons (Fsp3) is 0.611. The Morgan fingerprint density at radius 3 is 2.40 bits per heavy atom. The molecule has 0 heterocycles. The maximum absolute atomic E-state index is 12.2. The Kier molecular flexibility index (Phi) is 6.46. The molecule has 1 saturated carbocycles. The van der Waals surface area contributed by atoms with Crippen molar-refractivity contribution in [3.8, 4) is 0 Å². The van der Waals surface area contributed by atoms with Crippen LogP contribution in [0.1, 0.15) is 38.2 Å². The van der Waals surface area contributed by atoms with Crippen LogP contribution in [-0.4, -0.2) is 40.2 Å². The topological polar surface area (TPSA) is 78.5 Å². The lowest BCUT2D eigenvalue weighted by molar-refractivity contribution is -0.113. The molecule has 0 unspecified atom stereocenters. The number of hydrogen-bond donors (Lipinski definition) is 2. The molecule has 0 aromatic heterocycles. The zero-order valence-corrected chi connectivity index (χ0v) is 16.3. The smallest absolute Gasteiger partial charge is 0.241 e. The molecule has 6 nitrogen and oxygen atoms in total. The Balaban J connectivity index is 1.92. The van der Waals surface area contributed by atoms with Crippen molar-refractivity contribution < 1.29 is 13.2 Å². The summed E-state index contributed by atoms with van der Waals surface area (Å²) in [6.07, 6.45) is 3.73. The number of nitrogens with zero attached hydrogens (tertiary/aromatic N) is 1. The van der Waals surface area contributed by atoms with Crippen molar-refractivity contribution in [2.75, 3.05) is 30.1 Å². The summed E-state index contributed by atoms with van der Waals surface area (Å²) in [5.41, 5.74) is 2.56. The first-order valence-corrected chi connectivity index (χ1v) is 10.4. The van der Waals surface area contributed by atoms with Gasteiger partial charge in [0.25, 0.3) is 0 Å². The van der Waals surface area contributed by atoms with Gasteiger partial charge in [0.2, 0.25) is 15.9 Å². The molecule has 7 heteroatoms. The van der Waals surface area contributed by atoms with Gasteiger partial charge in [-0.25, -0.2) is 13.1 Å². The van der Waals surface area contributed by atoms with Crippen molar-refractivity contribution in [2.45, 2.75) is 45.6 Å². The van der Waals surface area contributed by atoms with Gasteiger partial charge < -0.3 is 10.2 Å². The van der Waals surface area contributed by atoms with E-state index in [0.717, 1.165) is 36.9 Å². The lowest BCUT2D eigenvalue weighted by Crippen LogP contribution is -2.41. The first kappa shape index (κ1) is 19.7. The highest BCUT2D eigenvalue weighted by Crippen LogP contribution is 2.24. The number of aryl methyl sites for hydroxylation is 1. The Labute approximate surface area is 151 Å². The number of rotatable bonds is 6. The van der Waals surface area contributed by atoms with E-state index in [9.17, 15) is 13.2 Å². The second-order valence-corrected chi connectivity index (χ2v) is 9.03. The van der Waals surface area contributed by atoms with E-state index in [4.69, 9.17) is 0 Å². The minimum absolute atomic E-state index is 0.0462. The van der Waals surface area contributed by atoms with Gasteiger partial charge in [-0.05, 0) is 62.3 Å². The van der Waals surface area contributed by atoms with Crippen LogP contribution in [0.15, 0.2) is 18.2 Å². The van der Waals surface area contributed by atoms with Crippen LogP contribution in [0.4, 0.5) is 11.4 Å². The third-order valence-corrected chi connectivity index (χ3v) is 6.02. The van der Waals surface area contributed by atoms with Gasteiger partial charge >= 0.3 is 0 Å². The zero-order valence-electron chi connectivity index (χ0n) is 15.5. The average molecular weight is 368 g/mol. The molecule has 0 aliphatic heterocycles. The third-order valence-electron chi connectivity index (χ3n) is 4.68. The summed E-state index contributed by atoms with van der Waals surface area (Å²) in [4.78, 5) is 14.1. The van der Waals surface area contributed by atoms with E-state index < -0.39 is 21.7 Å². The molecule has 0 saturated heterocycles. The lowest BCUT2D eigenvalue weighted by atomic mass is 9.88. The van der Waals surface area contributed by atoms with Gasteiger partial charge in [0, 0.05) is 31.5 Å². The Bertz CT molecular complexity index is 708. The van der Waals surface area contributed by atoms with Crippen LogP contribution in [0.3, 0.4) is 0 Å². The molecule has 140 valence electrons.